The van der Waals surface area contributed by atoms with Crippen LogP contribution >= 0.6 is 11.8 Å². The molecule has 3 rings (SSSR count). The third-order valence-electron chi connectivity index (χ3n) is 4.22. The average molecular weight is 397 g/mol. The van der Waals surface area contributed by atoms with Gasteiger partial charge in [0.25, 0.3) is 5.56 Å². The Morgan fingerprint density at radius 3 is 2.59 bits per heavy atom. The number of amides is 1. The molecule has 0 aliphatic carbocycles. The lowest BCUT2D eigenvalue weighted by Crippen LogP contribution is -2.28. The number of alkyl halides is 3. The number of nitrogens with one attached hydrogen (secondary N) is 1. The van der Waals surface area contributed by atoms with Crippen LogP contribution in [0, 0.1) is 0 Å². The summed E-state index contributed by atoms with van der Waals surface area (Å²) < 4.78 is 39.3. The molecule has 1 aromatic heterocycles. The van der Waals surface area contributed by atoms with Gasteiger partial charge in [-0.3, -0.25) is 14.2 Å². The van der Waals surface area contributed by atoms with E-state index in [1.54, 1.807) is 0 Å². The molecule has 2 heterocycles. The Morgan fingerprint density at radius 1 is 1.33 bits per heavy atom. The number of thioether (sulfide) groups is 1. The molecule has 1 aliphatic heterocycles. The number of carbonyl (C=O) groups excluding carboxylic acids is 1. The van der Waals surface area contributed by atoms with Gasteiger partial charge in [0.1, 0.15) is 0 Å². The predicted molar refractivity (Wildman–Crippen MR) is 97.0 cm³/mol. The lowest BCUT2D eigenvalue weighted by molar-refractivity contribution is -0.137. The number of hydrogen-bond donors (Lipinski definition) is 1. The Balaban J connectivity index is 1.69. The maximum atomic E-state index is 12.6. The molecule has 1 amide bonds. The van der Waals surface area contributed by atoms with E-state index in [1.807, 2.05) is 13.8 Å². The van der Waals surface area contributed by atoms with Crippen molar-refractivity contribution in [2.45, 2.75) is 43.6 Å². The monoisotopic (exact) mass is 397 g/mol. The number of nitrogens with zero attached hydrogens (tertiary/aromatic N) is 2. The second-order valence-electron chi connectivity index (χ2n) is 6.62. The zero-order valence-electron chi connectivity index (χ0n) is 14.7. The van der Waals surface area contributed by atoms with E-state index in [4.69, 9.17) is 0 Å². The summed E-state index contributed by atoms with van der Waals surface area (Å²) in [6.45, 7) is 3.90. The summed E-state index contributed by atoms with van der Waals surface area (Å²) in [4.78, 5) is 29.1. The lowest BCUT2D eigenvalue weighted by Gasteiger charge is -2.14. The second-order valence-corrected chi connectivity index (χ2v) is 7.61. The molecular formula is C18H18F3N3O2S. The number of halogens is 3. The number of rotatable bonds is 4. The van der Waals surface area contributed by atoms with Crippen LogP contribution in [0.25, 0.3) is 0 Å². The first-order chi connectivity index (χ1) is 12.6. The van der Waals surface area contributed by atoms with Crippen molar-refractivity contribution < 1.29 is 18.0 Å². The molecule has 1 aromatic carbocycles. The first-order valence-electron chi connectivity index (χ1n) is 8.38. The smallest absolute Gasteiger partial charge is 0.326 e. The fourth-order valence-electron chi connectivity index (χ4n) is 2.78. The Hall–Kier alpha value is -2.29. The highest BCUT2D eigenvalue weighted by molar-refractivity contribution is 7.99. The molecule has 2 aromatic rings. The van der Waals surface area contributed by atoms with Crippen LogP contribution in [0.3, 0.4) is 0 Å². The van der Waals surface area contributed by atoms with Crippen LogP contribution in [0.15, 0.2) is 40.3 Å². The van der Waals surface area contributed by atoms with Gasteiger partial charge in [0.2, 0.25) is 5.91 Å². The minimum absolute atomic E-state index is 0.0453. The van der Waals surface area contributed by atoms with E-state index >= 15 is 0 Å². The second kappa shape index (κ2) is 7.38. The average Bonchev–Trinajstić information content (AvgIpc) is 2.97. The molecule has 1 N–H and O–H groups in total. The van der Waals surface area contributed by atoms with E-state index in [9.17, 15) is 22.8 Å². The molecule has 0 spiro atoms. The van der Waals surface area contributed by atoms with E-state index in [0.29, 0.717) is 16.6 Å². The van der Waals surface area contributed by atoms with E-state index in [2.05, 4.69) is 10.3 Å². The van der Waals surface area contributed by atoms with Gasteiger partial charge in [-0.15, -0.1) is 0 Å². The van der Waals surface area contributed by atoms with Crippen LogP contribution in [0.1, 0.15) is 43.5 Å². The molecule has 144 valence electrons. The Morgan fingerprint density at radius 2 is 2.00 bits per heavy atom. The fourth-order valence-corrected chi connectivity index (χ4v) is 3.94. The largest absolute Gasteiger partial charge is 0.416 e. The summed E-state index contributed by atoms with van der Waals surface area (Å²) in [5, 5.41) is 3.17. The van der Waals surface area contributed by atoms with Gasteiger partial charge in [-0.25, -0.2) is 4.98 Å². The third-order valence-corrected chi connectivity index (χ3v) is 5.32. The van der Waals surface area contributed by atoms with E-state index in [1.165, 1.54) is 34.5 Å². The van der Waals surface area contributed by atoms with Crippen LogP contribution in [-0.4, -0.2) is 21.2 Å². The van der Waals surface area contributed by atoms with Gasteiger partial charge in [0, 0.05) is 23.9 Å². The first-order valence-corrected chi connectivity index (χ1v) is 9.37. The molecule has 5 nitrogen and oxygen atoms in total. The highest BCUT2D eigenvalue weighted by atomic mass is 32.2. The van der Waals surface area contributed by atoms with Crippen molar-refractivity contribution in [1.29, 1.82) is 0 Å². The number of anilines is 1. The van der Waals surface area contributed by atoms with Crippen LogP contribution in [0.4, 0.5) is 18.9 Å². The number of benzene rings is 1. The van der Waals surface area contributed by atoms with Gasteiger partial charge < -0.3 is 5.32 Å². The van der Waals surface area contributed by atoms with E-state index in [-0.39, 0.29) is 35.5 Å². The van der Waals surface area contributed by atoms with E-state index < -0.39 is 11.7 Å². The summed E-state index contributed by atoms with van der Waals surface area (Å²) in [5.74, 6) is 0.309. The number of aromatic nitrogens is 2. The molecule has 1 atom stereocenters. The zero-order valence-corrected chi connectivity index (χ0v) is 15.5. The van der Waals surface area contributed by atoms with Crippen molar-refractivity contribution in [3.8, 4) is 0 Å². The van der Waals surface area contributed by atoms with Crippen LogP contribution in [0.2, 0.25) is 0 Å². The molecule has 1 aliphatic rings. The topological polar surface area (TPSA) is 64.0 Å². The fraction of sp³-hybridized carbons (Fsp3) is 0.389. The highest BCUT2D eigenvalue weighted by Crippen LogP contribution is 2.33. The summed E-state index contributed by atoms with van der Waals surface area (Å²) in [6, 6.07) is 5.40. The van der Waals surface area contributed by atoms with Gasteiger partial charge >= 0.3 is 6.18 Å². The molecule has 0 bridgehead atoms. The van der Waals surface area contributed by atoms with Crippen molar-refractivity contribution in [1.82, 2.24) is 9.55 Å². The summed E-state index contributed by atoms with van der Waals surface area (Å²) in [5.41, 5.74) is 0.0225. The first kappa shape index (κ1) is 19.5. The summed E-state index contributed by atoms with van der Waals surface area (Å²) in [7, 11) is 0. The quantitative estimate of drug-likeness (QED) is 0.791. The molecule has 0 saturated heterocycles. The molecule has 0 saturated carbocycles. The van der Waals surface area contributed by atoms with Crippen molar-refractivity contribution >= 4 is 23.4 Å². The molecule has 0 fully saturated rings. The summed E-state index contributed by atoms with van der Waals surface area (Å²) in [6.07, 6.45) is -4.38. The van der Waals surface area contributed by atoms with Crippen LogP contribution < -0.4 is 10.9 Å². The minimum Gasteiger partial charge on any atom is -0.326 e. The molecule has 9 heteroatoms. The molecule has 1 unspecified atom stereocenters. The van der Waals surface area contributed by atoms with Crippen molar-refractivity contribution in [3.63, 3.8) is 0 Å². The Kier molecular flexibility index (Phi) is 5.32. The standard InChI is InChI=1S/C18H18F3N3O2S/c1-10(2)14-8-16(26)24-13(9-27-17(24)23-14)7-15(25)22-12-5-3-11(4-6-12)18(19,20)21/h3-6,8,10,13H,7,9H2,1-2H3,(H,22,25). The maximum absolute atomic E-state index is 12.6. The zero-order chi connectivity index (χ0) is 19.8. The highest BCUT2D eigenvalue weighted by Gasteiger charge is 2.30. The van der Waals surface area contributed by atoms with Crippen molar-refractivity contribution in [2.75, 3.05) is 11.1 Å². The molecule has 0 radical (unpaired) electrons. The SMILES string of the molecule is CC(C)c1cc(=O)n2c(n1)SCC2CC(=O)Nc1ccc(C(F)(F)F)cc1. The molecule has 27 heavy (non-hydrogen) atoms. The Labute approximate surface area is 158 Å². The van der Waals surface area contributed by atoms with Crippen molar-refractivity contribution in [3.05, 3.63) is 51.9 Å². The van der Waals surface area contributed by atoms with Gasteiger partial charge in [-0.05, 0) is 30.2 Å². The van der Waals surface area contributed by atoms with Gasteiger partial charge in [-0.2, -0.15) is 13.2 Å². The van der Waals surface area contributed by atoms with Gasteiger partial charge in [-0.1, -0.05) is 25.6 Å². The number of carbonyl (C=O) groups is 1. The maximum Gasteiger partial charge on any atom is 0.416 e. The normalized spacial score (nSPS) is 16.4. The Bertz CT molecular complexity index is 908. The van der Waals surface area contributed by atoms with E-state index in [0.717, 1.165) is 12.1 Å². The van der Waals surface area contributed by atoms with Gasteiger partial charge in [0.05, 0.1) is 17.3 Å². The van der Waals surface area contributed by atoms with Crippen LogP contribution in [-0.2, 0) is 11.0 Å². The third kappa shape index (κ3) is 4.35. The van der Waals surface area contributed by atoms with Crippen molar-refractivity contribution in [2.24, 2.45) is 0 Å². The van der Waals surface area contributed by atoms with Gasteiger partial charge in [0.15, 0.2) is 5.16 Å². The predicted octanol–water partition coefficient (Wildman–Crippen LogP) is 4.06. The van der Waals surface area contributed by atoms with Crippen LogP contribution in [0.5, 0.6) is 0 Å². The number of hydrogen-bond acceptors (Lipinski definition) is 4. The lowest BCUT2D eigenvalue weighted by atomic mass is 10.1. The molecular weight excluding hydrogens is 379 g/mol. The minimum atomic E-state index is -4.42. The summed E-state index contributed by atoms with van der Waals surface area (Å²) >= 11 is 1.42. The number of fused-ring (bicyclic) bond motifs is 1.